The number of hydrogen-bond acceptors (Lipinski definition) is 4. The highest BCUT2D eigenvalue weighted by molar-refractivity contribution is 5.92. The maximum absolute atomic E-state index is 12.6. The number of carbonyl (C=O) groups is 1. The van der Waals surface area contributed by atoms with Crippen molar-refractivity contribution in [3.05, 3.63) is 77.4 Å². The van der Waals surface area contributed by atoms with Gasteiger partial charge >= 0.3 is 0 Å². The minimum absolute atomic E-state index is 0.108. The van der Waals surface area contributed by atoms with E-state index in [-0.39, 0.29) is 12.3 Å². The molecule has 4 aromatic rings. The van der Waals surface area contributed by atoms with Gasteiger partial charge in [0.25, 0.3) is 0 Å². The van der Waals surface area contributed by atoms with E-state index in [1.54, 1.807) is 29.1 Å². The first-order valence-corrected chi connectivity index (χ1v) is 10.2. The van der Waals surface area contributed by atoms with Crippen molar-refractivity contribution in [1.82, 2.24) is 19.3 Å². The van der Waals surface area contributed by atoms with Crippen LogP contribution in [0.15, 0.2) is 55.0 Å². The van der Waals surface area contributed by atoms with Gasteiger partial charge in [-0.05, 0) is 41.3 Å². The average Bonchev–Trinajstić information content (AvgIpc) is 3.32. The third-order valence-electron chi connectivity index (χ3n) is 5.26. The lowest BCUT2D eigenvalue weighted by Crippen LogP contribution is -2.15. The summed E-state index contributed by atoms with van der Waals surface area (Å²) in [6.45, 7) is 4.82. The molecule has 0 fully saturated rings. The number of benzene rings is 1. The molecule has 156 valence electrons. The zero-order valence-corrected chi connectivity index (χ0v) is 17.8. The average molecular weight is 412 g/mol. The van der Waals surface area contributed by atoms with Gasteiger partial charge in [-0.1, -0.05) is 19.9 Å². The maximum Gasteiger partial charge on any atom is 0.229 e. The molecule has 3 aromatic heterocycles. The summed E-state index contributed by atoms with van der Waals surface area (Å²) in [4.78, 5) is 16.8. The van der Waals surface area contributed by atoms with Crippen LogP contribution in [0.5, 0.6) is 0 Å². The molecule has 0 aliphatic heterocycles. The second-order valence-corrected chi connectivity index (χ2v) is 7.98. The van der Waals surface area contributed by atoms with E-state index in [0.717, 1.165) is 11.3 Å². The van der Waals surface area contributed by atoms with E-state index >= 15 is 0 Å². The number of amides is 1. The number of aromatic nitrogens is 4. The van der Waals surface area contributed by atoms with Crippen LogP contribution in [0.4, 0.5) is 5.82 Å². The molecule has 0 radical (unpaired) electrons. The second kappa shape index (κ2) is 8.44. The number of carbonyl (C=O) groups excluding carboxylic acids is 1. The third kappa shape index (κ3) is 4.48. The molecule has 0 atom stereocenters. The first kappa shape index (κ1) is 20.4. The zero-order chi connectivity index (χ0) is 22.0. The van der Waals surface area contributed by atoms with Gasteiger partial charge in [-0.3, -0.25) is 14.5 Å². The number of anilines is 1. The Morgan fingerprint density at radius 2 is 2.06 bits per heavy atom. The molecule has 0 saturated heterocycles. The van der Waals surface area contributed by atoms with E-state index < -0.39 is 0 Å². The Bertz CT molecular complexity index is 1270. The van der Waals surface area contributed by atoms with E-state index in [4.69, 9.17) is 5.26 Å². The van der Waals surface area contributed by atoms with Crippen LogP contribution >= 0.6 is 0 Å². The van der Waals surface area contributed by atoms with Crippen molar-refractivity contribution in [2.45, 2.75) is 32.7 Å². The molecule has 1 amide bonds. The van der Waals surface area contributed by atoms with Crippen molar-refractivity contribution in [2.24, 2.45) is 7.05 Å². The lowest BCUT2D eigenvalue weighted by Gasteiger charge is -2.06. The molecule has 31 heavy (non-hydrogen) atoms. The van der Waals surface area contributed by atoms with Crippen LogP contribution in [0, 0.1) is 11.3 Å². The fraction of sp³-hybridized carbons (Fsp3) is 0.250. The number of rotatable bonds is 6. The predicted molar refractivity (Wildman–Crippen MR) is 120 cm³/mol. The fourth-order valence-electron chi connectivity index (χ4n) is 3.68. The van der Waals surface area contributed by atoms with Gasteiger partial charge in [-0.15, -0.1) is 0 Å². The Morgan fingerprint density at radius 1 is 1.23 bits per heavy atom. The molecule has 0 aliphatic rings. The number of nitrogens with zero attached hydrogens (tertiary/aromatic N) is 5. The van der Waals surface area contributed by atoms with Crippen molar-refractivity contribution >= 4 is 22.6 Å². The lowest BCUT2D eigenvalue weighted by molar-refractivity contribution is -0.115. The quantitative estimate of drug-likeness (QED) is 0.518. The molecule has 7 heteroatoms. The highest BCUT2D eigenvalue weighted by Gasteiger charge is 2.12. The first-order chi connectivity index (χ1) is 14.9. The summed E-state index contributed by atoms with van der Waals surface area (Å²) >= 11 is 0. The summed E-state index contributed by atoms with van der Waals surface area (Å²) in [6.07, 6.45) is 5.77. The van der Waals surface area contributed by atoms with Gasteiger partial charge in [0.15, 0.2) is 5.82 Å². The largest absolute Gasteiger partial charge is 0.350 e. The standard InChI is InChI=1S/C24H24N6O/c1-16(2)21-15-29(3)22-7-5-17(10-20(21)22)11-24(31)27-23-8-9-30(28-23)14-19-6-4-18(12-25)13-26-19/h4-10,13,15-16H,11,14H2,1-3H3,(H,27,28,31). The molecular weight excluding hydrogens is 388 g/mol. The molecule has 0 aliphatic carbocycles. The molecule has 1 N–H and O–H groups in total. The molecule has 0 saturated carbocycles. The van der Waals surface area contributed by atoms with Crippen LogP contribution in [0.3, 0.4) is 0 Å². The van der Waals surface area contributed by atoms with Gasteiger partial charge < -0.3 is 9.88 Å². The van der Waals surface area contributed by atoms with E-state index in [0.29, 0.717) is 23.8 Å². The highest BCUT2D eigenvalue weighted by Crippen LogP contribution is 2.28. The Morgan fingerprint density at radius 3 is 2.77 bits per heavy atom. The molecule has 4 rings (SSSR count). The monoisotopic (exact) mass is 412 g/mol. The predicted octanol–water partition coefficient (Wildman–Crippen LogP) is 3.99. The van der Waals surface area contributed by atoms with E-state index in [9.17, 15) is 4.79 Å². The van der Waals surface area contributed by atoms with Gasteiger partial charge in [-0.2, -0.15) is 10.4 Å². The van der Waals surface area contributed by atoms with E-state index in [2.05, 4.69) is 52.1 Å². The summed E-state index contributed by atoms with van der Waals surface area (Å²) in [6, 6.07) is 13.5. The number of pyridine rings is 1. The molecule has 0 spiro atoms. The van der Waals surface area contributed by atoms with Crippen molar-refractivity contribution in [3.8, 4) is 6.07 Å². The summed E-state index contributed by atoms with van der Waals surface area (Å²) in [5.41, 5.74) is 4.74. The van der Waals surface area contributed by atoms with Crippen LogP contribution < -0.4 is 5.32 Å². The minimum Gasteiger partial charge on any atom is -0.350 e. The summed E-state index contributed by atoms with van der Waals surface area (Å²) < 4.78 is 3.83. The van der Waals surface area contributed by atoms with Crippen molar-refractivity contribution in [1.29, 1.82) is 5.26 Å². The zero-order valence-electron chi connectivity index (χ0n) is 17.8. The second-order valence-electron chi connectivity index (χ2n) is 7.98. The third-order valence-corrected chi connectivity index (χ3v) is 5.26. The maximum atomic E-state index is 12.6. The number of nitrogens with one attached hydrogen (secondary N) is 1. The van der Waals surface area contributed by atoms with Crippen LogP contribution in [0.25, 0.3) is 10.9 Å². The van der Waals surface area contributed by atoms with Crippen molar-refractivity contribution in [2.75, 3.05) is 5.32 Å². The Kier molecular flexibility index (Phi) is 5.54. The molecule has 0 bridgehead atoms. The first-order valence-electron chi connectivity index (χ1n) is 10.2. The molecule has 3 heterocycles. The normalized spacial score (nSPS) is 11.1. The number of nitriles is 1. The van der Waals surface area contributed by atoms with Crippen molar-refractivity contribution in [3.63, 3.8) is 0 Å². The molecule has 7 nitrogen and oxygen atoms in total. The lowest BCUT2D eigenvalue weighted by atomic mass is 10.0. The molecule has 1 aromatic carbocycles. The summed E-state index contributed by atoms with van der Waals surface area (Å²) in [5, 5.41) is 17.3. The molecular formula is C24H24N6O. The van der Waals surface area contributed by atoms with Crippen LogP contribution in [-0.2, 0) is 24.8 Å². The van der Waals surface area contributed by atoms with Crippen LogP contribution in [0.2, 0.25) is 0 Å². The minimum atomic E-state index is -0.108. The Balaban J connectivity index is 1.42. The number of aryl methyl sites for hydroxylation is 1. The highest BCUT2D eigenvalue weighted by atomic mass is 16.1. The van der Waals surface area contributed by atoms with Crippen LogP contribution in [0.1, 0.15) is 42.1 Å². The number of fused-ring (bicyclic) bond motifs is 1. The van der Waals surface area contributed by atoms with Crippen LogP contribution in [-0.4, -0.2) is 25.2 Å². The summed E-state index contributed by atoms with van der Waals surface area (Å²) in [5.74, 6) is 0.813. The van der Waals surface area contributed by atoms with Gasteiger partial charge in [0, 0.05) is 42.6 Å². The fourth-order valence-corrected chi connectivity index (χ4v) is 3.68. The Hall–Kier alpha value is -3.92. The van der Waals surface area contributed by atoms with Gasteiger partial charge in [0.2, 0.25) is 5.91 Å². The number of hydrogen-bond donors (Lipinski definition) is 1. The smallest absolute Gasteiger partial charge is 0.229 e. The topological polar surface area (TPSA) is 88.5 Å². The van der Waals surface area contributed by atoms with Crippen molar-refractivity contribution < 1.29 is 4.79 Å². The molecule has 0 unspecified atom stereocenters. The summed E-state index contributed by atoms with van der Waals surface area (Å²) in [7, 11) is 2.05. The van der Waals surface area contributed by atoms with Gasteiger partial charge in [0.05, 0.1) is 24.2 Å². The van der Waals surface area contributed by atoms with E-state index in [1.165, 1.54) is 22.7 Å². The van der Waals surface area contributed by atoms with Gasteiger partial charge in [-0.25, -0.2) is 0 Å². The Labute approximate surface area is 180 Å². The SMILES string of the molecule is CC(C)c1cn(C)c2ccc(CC(=O)Nc3ccn(Cc4ccc(C#N)cn4)n3)cc12. The van der Waals surface area contributed by atoms with E-state index in [1.807, 2.05) is 19.2 Å². The van der Waals surface area contributed by atoms with Gasteiger partial charge in [0.1, 0.15) is 6.07 Å².